The van der Waals surface area contributed by atoms with E-state index in [1.807, 2.05) is 0 Å². The van der Waals surface area contributed by atoms with Crippen molar-refractivity contribution in [2.75, 3.05) is 24.7 Å². The first-order valence-electron chi connectivity index (χ1n) is 14.4. The Morgan fingerprint density at radius 3 is 1.79 bits per heavy atom. The van der Waals surface area contributed by atoms with Crippen LogP contribution in [0.25, 0.3) is 0 Å². The maximum Gasteiger partial charge on any atom is 1.00 e. The fourth-order valence-corrected chi connectivity index (χ4v) is 5.36. The van der Waals surface area contributed by atoms with Gasteiger partial charge in [-0.05, 0) is 25.0 Å². The first-order valence-corrected chi connectivity index (χ1v) is 17.0. The number of thioether (sulfide) groups is 1. The molecule has 0 N–H and O–H groups in total. The fourth-order valence-electron chi connectivity index (χ4n) is 4.01. The smallest absolute Gasteiger partial charge is 0.790 e. The average Bonchev–Trinajstić information content (AvgIpc) is 2.85. The van der Waals surface area contributed by atoms with E-state index in [-0.39, 0.29) is 65.1 Å². The summed E-state index contributed by atoms with van der Waals surface area (Å²) in [4.78, 5) is 44.0. The number of hydrogen-bond donors (Lipinski definition) is 0. The number of unbranched alkanes of at least 4 members (excludes halogenated alkanes) is 16. The Bertz CT molecular complexity index is 584. The van der Waals surface area contributed by atoms with Gasteiger partial charge in [-0.3, -0.25) is 9.59 Å². The van der Waals surface area contributed by atoms with Gasteiger partial charge in [0.25, 0.3) is 6.47 Å². The predicted octanol–water partition coefficient (Wildman–Crippen LogP) is 0.0895. The second-order valence-corrected chi connectivity index (χ2v) is 12.0. The summed E-state index contributed by atoms with van der Waals surface area (Å²) in [7, 11) is -5.11. The molecule has 0 heterocycles. The zero-order valence-electron chi connectivity index (χ0n) is 25.0. The minimum atomic E-state index is -5.11. The Morgan fingerprint density at radius 2 is 1.28 bits per heavy atom. The molecule has 0 unspecified atom stereocenters. The summed E-state index contributed by atoms with van der Waals surface area (Å²) in [6, 6.07) is 0. The zero-order chi connectivity index (χ0) is 27.5. The number of carbonyl (C=O) groups excluding carboxylic acids is 2. The quantitative estimate of drug-likeness (QED) is 0.0380. The maximum atomic E-state index is 12.2. The topological polar surface area (TPSA) is 125 Å². The Balaban J connectivity index is -0.00000648. The van der Waals surface area contributed by atoms with Crippen LogP contribution in [0, 0.1) is 0 Å². The van der Waals surface area contributed by atoms with E-state index in [1.54, 1.807) is 11.8 Å². The van der Waals surface area contributed by atoms with Gasteiger partial charge in [0.1, 0.15) is 6.10 Å². The normalized spacial score (nSPS) is 11.8. The number of ether oxygens (including phenoxy) is 2. The number of phosphoric ester groups is 1. The van der Waals surface area contributed by atoms with Gasteiger partial charge in [-0.1, -0.05) is 103 Å². The van der Waals surface area contributed by atoms with Crippen molar-refractivity contribution in [3.63, 3.8) is 0 Å². The van der Waals surface area contributed by atoms with Crippen molar-refractivity contribution in [1.82, 2.24) is 0 Å². The molecule has 1 atom stereocenters. The third-order valence-corrected chi connectivity index (χ3v) is 7.77. The van der Waals surface area contributed by atoms with Crippen molar-refractivity contribution in [2.45, 2.75) is 135 Å². The summed E-state index contributed by atoms with van der Waals surface area (Å²) in [5.74, 6) is 0.905. The van der Waals surface area contributed by atoms with E-state index < -0.39 is 20.5 Å². The fraction of sp³-hybridized carbons (Fsp3) is 0.926. The second kappa shape index (κ2) is 33.9. The molecule has 0 aromatic heterocycles. The Kier molecular flexibility index (Phi) is 39.0. The van der Waals surface area contributed by atoms with Crippen LogP contribution in [0.5, 0.6) is 0 Å². The van der Waals surface area contributed by atoms with E-state index in [4.69, 9.17) is 4.74 Å². The summed E-state index contributed by atoms with van der Waals surface area (Å²) in [5.41, 5.74) is 0. The van der Waals surface area contributed by atoms with Gasteiger partial charge in [-0.25, -0.2) is 0 Å². The summed E-state index contributed by atoms with van der Waals surface area (Å²) >= 11 is 1.58. The molecule has 39 heavy (non-hydrogen) atoms. The minimum Gasteiger partial charge on any atom is -0.790 e. The van der Waals surface area contributed by atoms with Crippen LogP contribution < -0.4 is 68.9 Å². The molecule has 8 nitrogen and oxygen atoms in total. The number of phosphoric acid groups is 1. The summed E-state index contributed by atoms with van der Waals surface area (Å²) in [6.07, 6.45) is 20.1. The molecule has 0 aliphatic rings. The van der Waals surface area contributed by atoms with Gasteiger partial charge < -0.3 is 28.3 Å². The number of esters is 1. The number of carbonyl (C=O) groups is 2. The molecule has 0 aromatic rings. The van der Waals surface area contributed by atoms with E-state index in [0.717, 1.165) is 70.0 Å². The first kappa shape index (κ1) is 44.8. The average molecular weight is 613 g/mol. The molecule has 0 radical (unpaired) electrons. The van der Waals surface area contributed by atoms with Crippen molar-refractivity contribution in [2.24, 2.45) is 0 Å². The van der Waals surface area contributed by atoms with Crippen molar-refractivity contribution in [1.29, 1.82) is 0 Å². The minimum absolute atomic E-state index is 0. The van der Waals surface area contributed by atoms with E-state index in [2.05, 4.69) is 16.2 Å². The Morgan fingerprint density at radius 1 is 0.795 bits per heavy atom. The van der Waals surface area contributed by atoms with Gasteiger partial charge >= 0.3 is 65.1 Å². The van der Waals surface area contributed by atoms with Crippen LogP contribution in [0.3, 0.4) is 0 Å². The van der Waals surface area contributed by atoms with Crippen LogP contribution in [0.2, 0.25) is 0 Å². The molecular formula is C27H51Na2O8PS. The molecule has 0 rings (SSSR count). The molecular weight excluding hydrogens is 561 g/mol. The van der Waals surface area contributed by atoms with Crippen LogP contribution in [-0.2, 0) is 28.2 Å². The molecule has 0 amide bonds. The molecule has 0 fully saturated rings. The monoisotopic (exact) mass is 612 g/mol. The van der Waals surface area contributed by atoms with Crippen LogP contribution in [-0.4, -0.2) is 43.3 Å². The number of hydrogen-bond acceptors (Lipinski definition) is 9. The summed E-state index contributed by atoms with van der Waals surface area (Å²) in [6.45, 7) is 2.78. The SMILES string of the molecule is CCCCCCCCCCCCCC(=O)O[C@H](COP(=O)([O-])[O-])CSCCCCCCCCCOC=O.[Na+].[Na+]. The van der Waals surface area contributed by atoms with E-state index >= 15 is 0 Å². The Labute approximate surface area is 286 Å². The van der Waals surface area contributed by atoms with Crippen LogP contribution in [0.1, 0.15) is 129 Å². The van der Waals surface area contributed by atoms with Gasteiger partial charge in [0.2, 0.25) is 0 Å². The molecule has 0 spiro atoms. The standard InChI is InChI=1S/C27H53O8PS.2Na/c1-2-3-4-5-6-7-8-9-11-14-17-20-27(29)35-26(23-34-36(30,31)32)24-37-22-19-16-13-10-12-15-18-21-33-25-28;;/h25-26H,2-24H2,1H3,(H2,30,31,32);;/q;2*+1/p-2/t26-;;/m1../s1. The van der Waals surface area contributed by atoms with Gasteiger partial charge in [-0.2, -0.15) is 11.8 Å². The second-order valence-electron chi connectivity index (χ2n) is 9.66. The molecule has 220 valence electrons. The molecule has 0 aliphatic heterocycles. The summed E-state index contributed by atoms with van der Waals surface area (Å²) in [5, 5.41) is 0. The molecule has 12 heteroatoms. The van der Waals surface area contributed by atoms with Gasteiger partial charge in [0.05, 0.1) is 21.0 Å². The van der Waals surface area contributed by atoms with Crippen molar-refractivity contribution < 1.29 is 97.1 Å². The van der Waals surface area contributed by atoms with E-state index in [1.165, 1.54) is 51.4 Å². The maximum absolute atomic E-state index is 12.2. The molecule has 0 aliphatic carbocycles. The van der Waals surface area contributed by atoms with Crippen molar-refractivity contribution >= 4 is 32.0 Å². The van der Waals surface area contributed by atoms with Crippen LogP contribution in [0.4, 0.5) is 0 Å². The molecule has 0 saturated carbocycles. The molecule has 0 bridgehead atoms. The van der Waals surface area contributed by atoms with E-state index in [9.17, 15) is 23.9 Å². The third kappa shape index (κ3) is 37.4. The Hall–Kier alpha value is 1.40. The van der Waals surface area contributed by atoms with Gasteiger partial charge in [0, 0.05) is 12.2 Å². The zero-order valence-corrected chi connectivity index (χ0v) is 30.8. The third-order valence-electron chi connectivity index (χ3n) is 6.12. The van der Waals surface area contributed by atoms with Crippen LogP contribution >= 0.6 is 19.6 Å². The molecule has 0 aromatic carbocycles. The first-order chi connectivity index (χ1) is 17.9. The van der Waals surface area contributed by atoms with Gasteiger partial charge in [-0.15, -0.1) is 0 Å². The van der Waals surface area contributed by atoms with Gasteiger partial charge in [0.15, 0.2) is 0 Å². The van der Waals surface area contributed by atoms with Crippen molar-refractivity contribution in [3.8, 4) is 0 Å². The van der Waals surface area contributed by atoms with Crippen LogP contribution in [0.15, 0.2) is 0 Å². The van der Waals surface area contributed by atoms with Crippen molar-refractivity contribution in [3.05, 3.63) is 0 Å². The molecule has 0 saturated heterocycles. The van der Waals surface area contributed by atoms with E-state index in [0.29, 0.717) is 25.3 Å². The largest absolute Gasteiger partial charge is 1.00 e. The predicted molar refractivity (Wildman–Crippen MR) is 146 cm³/mol. The summed E-state index contributed by atoms with van der Waals surface area (Å²) < 4.78 is 25.3. The number of rotatable bonds is 29.